The van der Waals surface area contributed by atoms with Gasteiger partial charge in [0, 0.05) is 6.61 Å². The predicted molar refractivity (Wildman–Crippen MR) is 109 cm³/mol. The molecule has 160 valence electrons. The van der Waals surface area contributed by atoms with Gasteiger partial charge in [0.1, 0.15) is 24.4 Å². The molecule has 1 saturated heterocycles. The Bertz CT molecular complexity index is 361. The van der Waals surface area contributed by atoms with Crippen LogP contribution in [0.4, 0.5) is 0 Å². The molecule has 0 bridgehead atoms. The molecule has 3 N–H and O–H groups in total. The van der Waals surface area contributed by atoms with Gasteiger partial charge in [0.15, 0.2) is 0 Å². The van der Waals surface area contributed by atoms with Gasteiger partial charge in [-0.2, -0.15) is 0 Å². The maximum atomic E-state index is 9.92. The number of aliphatic hydroxyl groups is 3. The van der Waals surface area contributed by atoms with Crippen molar-refractivity contribution in [1.29, 1.82) is 0 Å². The number of aliphatic hydroxyl groups excluding tert-OH is 3. The van der Waals surface area contributed by atoms with Crippen LogP contribution in [0.1, 0.15) is 84.0 Å². The van der Waals surface area contributed by atoms with Crippen molar-refractivity contribution in [3.63, 3.8) is 0 Å². The molecule has 0 aromatic heterocycles. The molecule has 1 aliphatic rings. The Labute approximate surface area is 165 Å². The van der Waals surface area contributed by atoms with Crippen molar-refractivity contribution in [2.75, 3.05) is 19.8 Å². The summed E-state index contributed by atoms with van der Waals surface area (Å²) in [6, 6.07) is 0. The average Bonchev–Trinajstić information content (AvgIpc) is 3.00. The Kier molecular flexibility index (Phi) is 15.0. The van der Waals surface area contributed by atoms with Gasteiger partial charge in [-0.05, 0) is 32.1 Å². The summed E-state index contributed by atoms with van der Waals surface area (Å²) in [5.41, 5.74) is 0. The van der Waals surface area contributed by atoms with Crippen LogP contribution in [-0.2, 0) is 9.47 Å². The highest BCUT2D eigenvalue weighted by Crippen LogP contribution is 2.18. The maximum absolute atomic E-state index is 9.92. The molecular weight excluding hydrogens is 344 g/mol. The summed E-state index contributed by atoms with van der Waals surface area (Å²) in [5.74, 6) is 0. The second-order valence-corrected chi connectivity index (χ2v) is 7.73. The maximum Gasteiger partial charge on any atom is 0.114 e. The van der Waals surface area contributed by atoms with E-state index in [4.69, 9.17) is 9.47 Å². The van der Waals surface area contributed by atoms with Gasteiger partial charge >= 0.3 is 0 Å². The lowest BCUT2D eigenvalue weighted by Crippen LogP contribution is -2.40. The summed E-state index contributed by atoms with van der Waals surface area (Å²) >= 11 is 0. The van der Waals surface area contributed by atoms with Crippen molar-refractivity contribution in [2.45, 2.75) is 108 Å². The molecule has 0 amide bonds. The first-order chi connectivity index (χ1) is 13.2. The van der Waals surface area contributed by atoms with E-state index < -0.39 is 24.4 Å². The van der Waals surface area contributed by atoms with E-state index in [0.29, 0.717) is 6.61 Å². The lowest BCUT2D eigenvalue weighted by molar-refractivity contribution is -0.0813. The number of hydrogen-bond donors (Lipinski definition) is 3. The average molecular weight is 387 g/mol. The standard InChI is InChI=1S/C22H42O5/c1-2-3-4-5-6-7-8-9-10-11-12-13-14-15-16-26-17-20(24)22-21(25)19(23)18-27-22/h8-9,19-25H,2-7,10-18H2,1H3/b9-8+/t19-,20+,21-,22-/m0/s1. The van der Waals surface area contributed by atoms with Gasteiger partial charge < -0.3 is 24.8 Å². The predicted octanol–water partition coefficient (Wildman–Crippen LogP) is 3.74. The first-order valence-electron chi connectivity index (χ1n) is 11.0. The molecule has 0 saturated carbocycles. The molecule has 0 aliphatic carbocycles. The number of unbranched alkanes of at least 4 members (excludes halogenated alkanes) is 10. The highest BCUT2D eigenvalue weighted by molar-refractivity contribution is 4.87. The zero-order valence-corrected chi connectivity index (χ0v) is 17.2. The smallest absolute Gasteiger partial charge is 0.114 e. The van der Waals surface area contributed by atoms with E-state index in [9.17, 15) is 15.3 Å². The summed E-state index contributed by atoms with van der Waals surface area (Å²) in [5, 5.41) is 29.0. The van der Waals surface area contributed by atoms with E-state index in [1.54, 1.807) is 0 Å². The van der Waals surface area contributed by atoms with Gasteiger partial charge in [0.05, 0.1) is 13.2 Å². The zero-order chi connectivity index (χ0) is 19.7. The second-order valence-electron chi connectivity index (χ2n) is 7.73. The Morgan fingerprint density at radius 2 is 1.52 bits per heavy atom. The van der Waals surface area contributed by atoms with Crippen LogP contribution < -0.4 is 0 Å². The monoisotopic (exact) mass is 386 g/mol. The van der Waals surface area contributed by atoms with E-state index in [0.717, 1.165) is 12.8 Å². The molecule has 1 rings (SSSR count). The number of hydrogen-bond acceptors (Lipinski definition) is 5. The molecule has 5 heteroatoms. The highest BCUT2D eigenvalue weighted by Gasteiger charge is 2.39. The van der Waals surface area contributed by atoms with Crippen LogP contribution in [0.15, 0.2) is 12.2 Å². The molecular formula is C22H42O5. The largest absolute Gasteiger partial charge is 0.388 e. The van der Waals surface area contributed by atoms with Crippen LogP contribution in [0.3, 0.4) is 0 Å². The van der Waals surface area contributed by atoms with Crippen molar-refractivity contribution >= 4 is 0 Å². The third-order valence-electron chi connectivity index (χ3n) is 5.16. The quantitative estimate of drug-likeness (QED) is 0.262. The Balaban J connectivity index is 1.81. The van der Waals surface area contributed by atoms with Crippen LogP contribution in [0.25, 0.3) is 0 Å². The van der Waals surface area contributed by atoms with E-state index >= 15 is 0 Å². The molecule has 4 atom stereocenters. The number of rotatable bonds is 17. The molecule has 0 radical (unpaired) electrons. The molecule has 0 unspecified atom stereocenters. The summed E-state index contributed by atoms with van der Waals surface area (Å²) in [6.45, 7) is 3.07. The lowest BCUT2D eigenvalue weighted by atomic mass is 10.1. The van der Waals surface area contributed by atoms with Gasteiger partial charge in [0.25, 0.3) is 0 Å². The zero-order valence-electron chi connectivity index (χ0n) is 17.2. The molecule has 1 heterocycles. The lowest BCUT2D eigenvalue weighted by Gasteiger charge is -2.20. The first kappa shape index (κ1) is 24.6. The Morgan fingerprint density at radius 3 is 2.11 bits per heavy atom. The van der Waals surface area contributed by atoms with E-state index in [1.807, 2.05) is 0 Å². The van der Waals surface area contributed by atoms with Crippen molar-refractivity contribution in [2.24, 2.45) is 0 Å². The van der Waals surface area contributed by atoms with E-state index in [-0.39, 0.29) is 13.2 Å². The SMILES string of the molecule is CCCCCCC/C=C/CCCCCCCOC[C@@H](O)[C@@H]1OC[C@H](O)[C@@H]1O. The topological polar surface area (TPSA) is 79.2 Å². The van der Waals surface area contributed by atoms with Crippen molar-refractivity contribution in [3.05, 3.63) is 12.2 Å². The third-order valence-corrected chi connectivity index (χ3v) is 5.16. The first-order valence-corrected chi connectivity index (χ1v) is 11.0. The fraction of sp³-hybridized carbons (Fsp3) is 0.909. The van der Waals surface area contributed by atoms with Crippen molar-refractivity contribution < 1.29 is 24.8 Å². The molecule has 0 spiro atoms. The fourth-order valence-corrected chi connectivity index (χ4v) is 3.36. The summed E-state index contributed by atoms with van der Waals surface area (Å²) in [6.07, 6.45) is 16.1. The van der Waals surface area contributed by atoms with Crippen molar-refractivity contribution in [1.82, 2.24) is 0 Å². The van der Waals surface area contributed by atoms with Crippen LogP contribution >= 0.6 is 0 Å². The third kappa shape index (κ3) is 11.9. The fourth-order valence-electron chi connectivity index (χ4n) is 3.36. The van der Waals surface area contributed by atoms with Gasteiger partial charge in [0.2, 0.25) is 0 Å². The molecule has 5 nitrogen and oxygen atoms in total. The molecule has 1 fully saturated rings. The minimum absolute atomic E-state index is 0.0665. The van der Waals surface area contributed by atoms with Gasteiger partial charge in [-0.15, -0.1) is 0 Å². The number of allylic oxidation sites excluding steroid dienone is 2. The highest BCUT2D eigenvalue weighted by atomic mass is 16.5. The summed E-state index contributed by atoms with van der Waals surface area (Å²) in [4.78, 5) is 0. The van der Waals surface area contributed by atoms with Crippen molar-refractivity contribution in [3.8, 4) is 0 Å². The van der Waals surface area contributed by atoms with Gasteiger partial charge in [-0.3, -0.25) is 0 Å². The normalized spacial score (nSPS) is 24.1. The van der Waals surface area contributed by atoms with Crippen LogP contribution in [0.5, 0.6) is 0 Å². The minimum atomic E-state index is -1.03. The molecule has 0 aromatic carbocycles. The second kappa shape index (κ2) is 16.5. The van der Waals surface area contributed by atoms with Gasteiger partial charge in [-0.25, -0.2) is 0 Å². The molecule has 27 heavy (non-hydrogen) atoms. The van der Waals surface area contributed by atoms with E-state index in [2.05, 4.69) is 19.1 Å². The van der Waals surface area contributed by atoms with Gasteiger partial charge in [-0.1, -0.05) is 64.0 Å². The van der Waals surface area contributed by atoms with Crippen LogP contribution in [0.2, 0.25) is 0 Å². The number of ether oxygens (including phenoxy) is 2. The van der Waals surface area contributed by atoms with Crippen LogP contribution in [0, 0.1) is 0 Å². The minimum Gasteiger partial charge on any atom is -0.388 e. The summed E-state index contributed by atoms with van der Waals surface area (Å²) in [7, 11) is 0. The van der Waals surface area contributed by atoms with Crippen LogP contribution in [-0.4, -0.2) is 59.6 Å². The summed E-state index contributed by atoms with van der Waals surface area (Å²) < 4.78 is 10.6. The Hall–Kier alpha value is -0.460. The molecule has 1 aliphatic heterocycles. The Morgan fingerprint density at radius 1 is 0.926 bits per heavy atom. The molecule has 0 aromatic rings. The van der Waals surface area contributed by atoms with E-state index in [1.165, 1.54) is 64.2 Å².